The van der Waals surface area contributed by atoms with Crippen molar-refractivity contribution in [2.75, 3.05) is 23.3 Å². The molecule has 27 heavy (non-hydrogen) atoms. The van der Waals surface area contributed by atoms with Gasteiger partial charge in [0.25, 0.3) is 0 Å². The van der Waals surface area contributed by atoms with Crippen molar-refractivity contribution in [3.63, 3.8) is 0 Å². The number of amides is 1. The smallest absolute Gasteiger partial charge is 0.246 e. The molecule has 3 rings (SSSR count). The molecule has 0 fully saturated rings. The van der Waals surface area contributed by atoms with Gasteiger partial charge in [-0.05, 0) is 31.5 Å². The molecular formula is C21H22ClN3OS. The summed E-state index contributed by atoms with van der Waals surface area (Å²) in [6.45, 7) is 6.13. The quantitative estimate of drug-likeness (QED) is 0.528. The van der Waals surface area contributed by atoms with Gasteiger partial charge in [-0.2, -0.15) is 0 Å². The minimum Gasteiger partial charge on any atom is -0.349 e. The van der Waals surface area contributed by atoms with Crippen molar-refractivity contribution >= 4 is 39.7 Å². The summed E-state index contributed by atoms with van der Waals surface area (Å²) in [6, 6.07) is 17.0. The molecule has 2 aromatic carbocycles. The van der Waals surface area contributed by atoms with Crippen LogP contribution in [0.4, 0.5) is 10.8 Å². The monoisotopic (exact) mass is 399 g/mol. The molecule has 0 radical (unpaired) electrons. The Morgan fingerprint density at radius 2 is 1.78 bits per heavy atom. The highest BCUT2D eigenvalue weighted by Gasteiger charge is 2.17. The van der Waals surface area contributed by atoms with E-state index in [-0.39, 0.29) is 5.91 Å². The minimum absolute atomic E-state index is 0.243. The molecule has 0 aliphatic rings. The number of rotatable bonds is 7. The summed E-state index contributed by atoms with van der Waals surface area (Å²) in [5.74, 6) is -0.243. The highest BCUT2D eigenvalue weighted by atomic mass is 35.5. The third-order valence-corrected chi connectivity index (χ3v) is 5.65. The maximum atomic E-state index is 12.4. The number of hydrogen-bond donors (Lipinski definition) is 1. The van der Waals surface area contributed by atoms with E-state index in [1.165, 1.54) is 0 Å². The average molecular weight is 400 g/mol. The summed E-state index contributed by atoms with van der Waals surface area (Å²) in [7, 11) is 0. The van der Waals surface area contributed by atoms with Crippen molar-refractivity contribution in [2.45, 2.75) is 19.2 Å². The summed E-state index contributed by atoms with van der Waals surface area (Å²) < 4.78 is 0. The minimum atomic E-state index is -0.721. The van der Waals surface area contributed by atoms with Crippen LogP contribution in [0.1, 0.15) is 24.8 Å². The van der Waals surface area contributed by atoms with Gasteiger partial charge >= 0.3 is 0 Å². The van der Waals surface area contributed by atoms with Crippen LogP contribution in [0.2, 0.25) is 0 Å². The predicted molar refractivity (Wildman–Crippen MR) is 115 cm³/mol. The lowest BCUT2D eigenvalue weighted by Gasteiger charge is -2.16. The van der Waals surface area contributed by atoms with E-state index in [1.54, 1.807) is 11.3 Å². The van der Waals surface area contributed by atoms with Crippen molar-refractivity contribution in [3.05, 3.63) is 65.5 Å². The van der Waals surface area contributed by atoms with Crippen LogP contribution in [0, 0.1) is 0 Å². The second kappa shape index (κ2) is 9.02. The average Bonchev–Trinajstić information content (AvgIpc) is 3.19. The molecule has 1 unspecified atom stereocenters. The molecule has 1 aromatic heterocycles. The van der Waals surface area contributed by atoms with Gasteiger partial charge in [-0.15, -0.1) is 22.9 Å². The zero-order chi connectivity index (χ0) is 19.2. The second-order valence-electron chi connectivity index (χ2n) is 6.03. The van der Waals surface area contributed by atoms with E-state index in [2.05, 4.69) is 29.4 Å². The van der Waals surface area contributed by atoms with Crippen LogP contribution in [0.25, 0.3) is 11.3 Å². The molecular weight excluding hydrogens is 378 g/mol. The van der Waals surface area contributed by atoms with Crippen molar-refractivity contribution in [3.8, 4) is 11.3 Å². The molecule has 0 saturated carbocycles. The van der Waals surface area contributed by atoms with Crippen LogP contribution in [0.5, 0.6) is 0 Å². The van der Waals surface area contributed by atoms with Gasteiger partial charge in [-0.1, -0.05) is 42.5 Å². The van der Waals surface area contributed by atoms with Crippen molar-refractivity contribution < 1.29 is 4.79 Å². The zero-order valence-corrected chi connectivity index (χ0v) is 16.9. The number of halogens is 1. The third-order valence-electron chi connectivity index (χ3n) is 4.30. The van der Waals surface area contributed by atoms with Crippen molar-refractivity contribution in [1.29, 1.82) is 0 Å². The number of nitrogens with zero attached hydrogens (tertiary/aromatic N) is 2. The molecule has 0 aliphatic heterocycles. The highest BCUT2D eigenvalue weighted by molar-refractivity contribution is 7.14. The molecule has 0 bridgehead atoms. The number of aromatic nitrogens is 1. The molecule has 1 heterocycles. The van der Waals surface area contributed by atoms with Crippen LogP contribution in [0.3, 0.4) is 0 Å². The molecule has 3 aromatic rings. The number of hydrogen-bond acceptors (Lipinski definition) is 4. The number of nitrogens with one attached hydrogen (secondary N) is 1. The second-order valence-corrected chi connectivity index (χ2v) is 7.30. The first kappa shape index (κ1) is 19.4. The third kappa shape index (κ3) is 4.67. The van der Waals surface area contributed by atoms with E-state index >= 15 is 0 Å². The fourth-order valence-electron chi connectivity index (χ4n) is 2.74. The lowest BCUT2D eigenvalue weighted by Crippen LogP contribution is -2.21. The topological polar surface area (TPSA) is 45.2 Å². The standard InChI is InChI=1S/C21H22ClN3OS/c1-3-25(4-2)21-24-18(14-27-21)15-10-12-17(13-11-15)23-20(26)19(22)16-8-6-5-7-9-16/h5-14,19H,3-4H2,1-2H3,(H,23,26). The van der Waals surface area contributed by atoms with Gasteiger partial charge in [-0.25, -0.2) is 4.98 Å². The van der Waals surface area contributed by atoms with E-state index in [1.807, 2.05) is 54.6 Å². The van der Waals surface area contributed by atoms with Crippen molar-refractivity contribution in [2.24, 2.45) is 0 Å². The van der Waals surface area contributed by atoms with Crippen LogP contribution >= 0.6 is 22.9 Å². The Kier molecular flexibility index (Phi) is 6.48. The molecule has 4 nitrogen and oxygen atoms in total. The summed E-state index contributed by atoms with van der Waals surface area (Å²) in [4.78, 5) is 19.3. The number of alkyl halides is 1. The van der Waals surface area contributed by atoms with E-state index < -0.39 is 5.38 Å². The SMILES string of the molecule is CCN(CC)c1nc(-c2ccc(NC(=O)C(Cl)c3ccccc3)cc2)cs1. The molecule has 1 amide bonds. The van der Waals surface area contributed by atoms with Crippen LogP contribution < -0.4 is 10.2 Å². The maximum Gasteiger partial charge on any atom is 0.246 e. The van der Waals surface area contributed by atoms with Crippen LogP contribution in [0.15, 0.2) is 60.0 Å². The number of carbonyl (C=O) groups is 1. The summed E-state index contributed by atoms with van der Waals surface area (Å²) in [6.07, 6.45) is 0. The first-order chi connectivity index (χ1) is 13.1. The predicted octanol–water partition coefficient (Wildman–Crippen LogP) is 5.57. The Labute approximate surface area is 168 Å². The van der Waals surface area contributed by atoms with Crippen molar-refractivity contribution in [1.82, 2.24) is 4.98 Å². The highest BCUT2D eigenvalue weighted by Crippen LogP contribution is 2.28. The van der Waals surface area contributed by atoms with Gasteiger partial charge in [0.15, 0.2) is 5.13 Å². The van der Waals surface area contributed by atoms with Crippen LogP contribution in [-0.4, -0.2) is 24.0 Å². The Bertz CT molecular complexity index is 876. The van der Waals surface area contributed by atoms with Gasteiger partial charge in [0.1, 0.15) is 5.38 Å². The Balaban J connectivity index is 1.68. The fourth-order valence-corrected chi connectivity index (χ4v) is 3.90. The molecule has 0 saturated heterocycles. The molecule has 1 atom stereocenters. The van der Waals surface area contributed by atoms with Gasteiger partial charge in [0.05, 0.1) is 5.69 Å². The fraction of sp³-hybridized carbons (Fsp3) is 0.238. The van der Waals surface area contributed by atoms with E-state index in [0.717, 1.165) is 35.0 Å². The van der Waals surface area contributed by atoms with E-state index in [9.17, 15) is 4.79 Å². The van der Waals surface area contributed by atoms with Gasteiger partial charge < -0.3 is 10.2 Å². The maximum absolute atomic E-state index is 12.4. The lowest BCUT2D eigenvalue weighted by molar-refractivity contribution is -0.116. The van der Waals surface area contributed by atoms with Gasteiger partial charge in [0, 0.05) is 29.7 Å². The number of benzene rings is 2. The molecule has 0 spiro atoms. The summed E-state index contributed by atoms with van der Waals surface area (Å²) in [5.41, 5.74) is 3.46. The molecule has 0 aliphatic carbocycles. The largest absolute Gasteiger partial charge is 0.349 e. The normalized spacial score (nSPS) is 11.8. The lowest BCUT2D eigenvalue weighted by atomic mass is 10.1. The molecule has 6 heteroatoms. The van der Waals surface area contributed by atoms with E-state index in [0.29, 0.717) is 5.69 Å². The Morgan fingerprint density at radius 3 is 2.41 bits per heavy atom. The Morgan fingerprint density at radius 1 is 1.11 bits per heavy atom. The molecule has 1 N–H and O–H groups in total. The zero-order valence-electron chi connectivity index (χ0n) is 15.4. The number of anilines is 2. The number of carbonyl (C=O) groups excluding carboxylic acids is 1. The van der Waals surface area contributed by atoms with Gasteiger partial charge in [-0.3, -0.25) is 4.79 Å². The first-order valence-corrected chi connectivity index (χ1v) is 10.2. The summed E-state index contributed by atoms with van der Waals surface area (Å²) >= 11 is 7.91. The van der Waals surface area contributed by atoms with Gasteiger partial charge in [0.2, 0.25) is 5.91 Å². The first-order valence-electron chi connectivity index (χ1n) is 8.93. The van der Waals surface area contributed by atoms with Crippen LogP contribution in [-0.2, 0) is 4.79 Å². The van der Waals surface area contributed by atoms with E-state index in [4.69, 9.17) is 16.6 Å². The summed E-state index contributed by atoms with van der Waals surface area (Å²) in [5, 5.41) is 5.23. The Hall–Kier alpha value is -2.37. The number of thiazole rings is 1. The molecule has 140 valence electrons.